The molecule has 2 aromatic heterocycles. The number of nitrogens with one attached hydrogen (secondary N) is 1. The van der Waals surface area contributed by atoms with Crippen LogP contribution >= 0.6 is 11.8 Å². The molecule has 1 aromatic carbocycles. The minimum absolute atomic E-state index is 0.0609. The molecule has 1 amide bonds. The molecule has 0 atom stereocenters. The molecule has 1 N–H and O–H groups in total. The summed E-state index contributed by atoms with van der Waals surface area (Å²) in [6, 6.07) is 11.6. The Hall–Kier alpha value is -2.74. The summed E-state index contributed by atoms with van der Waals surface area (Å²) in [4.78, 5) is 14.8. The number of nitrogens with zero attached hydrogens (tertiary/aromatic N) is 4. The van der Waals surface area contributed by atoms with Gasteiger partial charge in [-0.25, -0.2) is 0 Å². The molecule has 27 heavy (non-hydrogen) atoms. The van der Waals surface area contributed by atoms with Gasteiger partial charge in [-0.1, -0.05) is 23.9 Å². The molecular weight excluding hydrogens is 362 g/mol. The average molecular weight is 383 g/mol. The van der Waals surface area contributed by atoms with Crippen LogP contribution in [0.3, 0.4) is 0 Å². The zero-order valence-corrected chi connectivity index (χ0v) is 15.9. The van der Waals surface area contributed by atoms with Gasteiger partial charge in [-0.15, -0.1) is 10.2 Å². The Labute approximate surface area is 161 Å². The van der Waals surface area contributed by atoms with Crippen LogP contribution in [0.25, 0.3) is 11.6 Å². The van der Waals surface area contributed by atoms with Crippen LogP contribution in [0.2, 0.25) is 0 Å². The molecule has 0 spiro atoms. The first-order chi connectivity index (χ1) is 13.2. The molecule has 1 fully saturated rings. The zero-order chi connectivity index (χ0) is 18.6. The fourth-order valence-electron chi connectivity index (χ4n) is 3.19. The lowest BCUT2D eigenvalue weighted by molar-refractivity contribution is -0.113. The first-order valence-corrected chi connectivity index (χ1v) is 9.91. The van der Waals surface area contributed by atoms with Crippen LogP contribution in [-0.4, -0.2) is 39.5 Å². The van der Waals surface area contributed by atoms with Crippen LogP contribution < -0.4 is 10.2 Å². The Bertz CT molecular complexity index is 916. The van der Waals surface area contributed by atoms with E-state index in [1.807, 2.05) is 41.9 Å². The number of rotatable bonds is 6. The van der Waals surface area contributed by atoms with Gasteiger partial charge in [0.25, 0.3) is 0 Å². The van der Waals surface area contributed by atoms with E-state index in [0.717, 1.165) is 24.5 Å². The predicted molar refractivity (Wildman–Crippen MR) is 106 cm³/mol. The number of carbonyl (C=O) groups is 1. The Morgan fingerprint density at radius 3 is 2.78 bits per heavy atom. The van der Waals surface area contributed by atoms with E-state index in [1.165, 1.54) is 24.6 Å². The van der Waals surface area contributed by atoms with Crippen molar-refractivity contribution in [1.29, 1.82) is 0 Å². The predicted octanol–water partition coefficient (Wildman–Crippen LogP) is 3.41. The Morgan fingerprint density at radius 2 is 2.00 bits per heavy atom. The van der Waals surface area contributed by atoms with E-state index in [0.29, 0.717) is 16.7 Å². The minimum atomic E-state index is -0.0609. The Morgan fingerprint density at radius 1 is 1.19 bits per heavy atom. The van der Waals surface area contributed by atoms with Gasteiger partial charge in [0.1, 0.15) is 0 Å². The normalized spacial score (nSPS) is 13.9. The summed E-state index contributed by atoms with van der Waals surface area (Å²) in [5, 5.41) is 12.0. The molecule has 1 saturated heterocycles. The third-order valence-corrected chi connectivity index (χ3v) is 5.55. The van der Waals surface area contributed by atoms with Gasteiger partial charge in [0.2, 0.25) is 5.91 Å². The fraction of sp³-hybridized carbons (Fsp3) is 0.316. The maximum absolute atomic E-state index is 12.5. The number of hydrogen-bond acceptors (Lipinski definition) is 6. The second kappa shape index (κ2) is 7.87. The van der Waals surface area contributed by atoms with E-state index in [-0.39, 0.29) is 11.7 Å². The number of hydrogen-bond donors (Lipinski definition) is 1. The highest BCUT2D eigenvalue weighted by Crippen LogP contribution is 2.29. The summed E-state index contributed by atoms with van der Waals surface area (Å²) in [7, 11) is 1.86. The van der Waals surface area contributed by atoms with E-state index >= 15 is 0 Å². The number of furan rings is 1. The van der Waals surface area contributed by atoms with Crippen molar-refractivity contribution < 1.29 is 9.21 Å². The SMILES string of the molecule is Cn1c(SCC(=O)Nc2ccccc2N2CCCC2)nnc1-c1ccco1. The van der Waals surface area contributed by atoms with Crippen molar-refractivity contribution in [3.8, 4) is 11.6 Å². The molecule has 7 nitrogen and oxygen atoms in total. The molecule has 0 aliphatic carbocycles. The highest BCUT2D eigenvalue weighted by Gasteiger charge is 2.18. The Kier molecular flexibility index (Phi) is 5.15. The van der Waals surface area contributed by atoms with Gasteiger partial charge in [0.15, 0.2) is 16.7 Å². The molecule has 3 aromatic rings. The zero-order valence-electron chi connectivity index (χ0n) is 15.1. The van der Waals surface area contributed by atoms with Crippen LogP contribution in [0.1, 0.15) is 12.8 Å². The summed E-state index contributed by atoms with van der Waals surface area (Å²) in [5.74, 6) is 1.50. The van der Waals surface area contributed by atoms with E-state index in [2.05, 4.69) is 26.5 Å². The van der Waals surface area contributed by atoms with E-state index in [1.54, 1.807) is 6.26 Å². The highest BCUT2D eigenvalue weighted by atomic mass is 32.2. The first kappa shape index (κ1) is 17.7. The molecule has 0 radical (unpaired) electrons. The molecule has 0 unspecified atom stereocenters. The monoisotopic (exact) mass is 383 g/mol. The number of para-hydroxylation sites is 2. The topological polar surface area (TPSA) is 76.2 Å². The smallest absolute Gasteiger partial charge is 0.234 e. The van der Waals surface area contributed by atoms with Gasteiger partial charge in [-0.05, 0) is 37.1 Å². The first-order valence-electron chi connectivity index (χ1n) is 8.92. The van der Waals surface area contributed by atoms with Gasteiger partial charge in [-0.3, -0.25) is 4.79 Å². The third kappa shape index (κ3) is 3.85. The van der Waals surface area contributed by atoms with Crippen molar-refractivity contribution in [2.45, 2.75) is 18.0 Å². The number of thioether (sulfide) groups is 1. The van der Waals surface area contributed by atoms with E-state index in [9.17, 15) is 4.79 Å². The largest absolute Gasteiger partial charge is 0.461 e. The number of carbonyl (C=O) groups excluding carboxylic acids is 1. The quantitative estimate of drug-likeness (QED) is 0.658. The number of benzene rings is 1. The fourth-order valence-corrected chi connectivity index (χ4v) is 3.90. The van der Waals surface area contributed by atoms with Crippen LogP contribution in [0, 0.1) is 0 Å². The van der Waals surface area contributed by atoms with Crippen molar-refractivity contribution in [1.82, 2.24) is 14.8 Å². The lowest BCUT2D eigenvalue weighted by Gasteiger charge is -2.21. The van der Waals surface area contributed by atoms with Crippen LogP contribution in [0.5, 0.6) is 0 Å². The van der Waals surface area contributed by atoms with Crippen molar-refractivity contribution >= 4 is 29.0 Å². The summed E-state index contributed by atoms with van der Waals surface area (Å²) in [6.07, 6.45) is 3.99. The molecule has 0 bridgehead atoms. The molecule has 1 aliphatic rings. The molecule has 140 valence electrons. The number of aromatic nitrogens is 3. The highest BCUT2D eigenvalue weighted by molar-refractivity contribution is 7.99. The average Bonchev–Trinajstić information content (AvgIpc) is 3.43. The van der Waals surface area contributed by atoms with E-state index in [4.69, 9.17) is 4.42 Å². The standard InChI is InChI=1S/C19H21N5O2S/c1-23-18(16-9-6-12-26-16)21-22-19(23)27-13-17(25)20-14-7-2-3-8-15(14)24-10-4-5-11-24/h2-3,6-9,12H,4-5,10-11,13H2,1H3,(H,20,25). The van der Waals surface area contributed by atoms with E-state index < -0.39 is 0 Å². The van der Waals surface area contributed by atoms with Crippen molar-refractivity contribution in [2.75, 3.05) is 29.1 Å². The lowest BCUT2D eigenvalue weighted by atomic mass is 10.2. The number of amides is 1. The molecule has 0 saturated carbocycles. The van der Waals surface area contributed by atoms with Gasteiger partial charge < -0.3 is 19.2 Å². The van der Waals surface area contributed by atoms with Crippen molar-refractivity contribution in [2.24, 2.45) is 7.05 Å². The molecule has 3 heterocycles. The van der Waals surface area contributed by atoms with Gasteiger partial charge in [-0.2, -0.15) is 0 Å². The minimum Gasteiger partial charge on any atom is -0.461 e. The summed E-state index contributed by atoms with van der Waals surface area (Å²) in [6.45, 7) is 2.08. The second-order valence-corrected chi connectivity index (χ2v) is 7.33. The lowest BCUT2D eigenvalue weighted by Crippen LogP contribution is -2.21. The summed E-state index contributed by atoms with van der Waals surface area (Å²) >= 11 is 1.35. The molecular formula is C19H21N5O2S. The maximum Gasteiger partial charge on any atom is 0.234 e. The number of anilines is 2. The van der Waals surface area contributed by atoms with Crippen LogP contribution in [-0.2, 0) is 11.8 Å². The second-order valence-electron chi connectivity index (χ2n) is 6.39. The van der Waals surface area contributed by atoms with Gasteiger partial charge in [0, 0.05) is 20.1 Å². The molecule has 4 rings (SSSR count). The molecule has 1 aliphatic heterocycles. The summed E-state index contributed by atoms with van der Waals surface area (Å²) in [5.41, 5.74) is 1.95. The van der Waals surface area contributed by atoms with Crippen molar-refractivity contribution in [3.63, 3.8) is 0 Å². The van der Waals surface area contributed by atoms with Crippen molar-refractivity contribution in [3.05, 3.63) is 42.7 Å². The van der Waals surface area contributed by atoms with Crippen LogP contribution in [0.4, 0.5) is 11.4 Å². The summed E-state index contributed by atoms with van der Waals surface area (Å²) < 4.78 is 7.19. The maximum atomic E-state index is 12.5. The van der Waals surface area contributed by atoms with Gasteiger partial charge in [0.05, 0.1) is 23.4 Å². The van der Waals surface area contributed by atoms with Crippen LogP contribution in [0.15, 0.2) is 52.2 Å². The Balaban J connectivity index is 1.40. The molecule has 8 heteroatoms. The van der Waals surface area contributed by atoms with Gasteiger partial charge >= 0.3 is 0 Å². The third-order valence-electron chi connectivity index (χ3n) is 4.53.